The summed E-state index contributed by atoms with van der Waals surface area (Å²) < 4.78 is 62.2. The molecule has 0 spiro atoms. The van der Waals surface area contributed by atoms with Crippen LogP contribution < -0.4 is 4.74 Å². The van der Waals surface area contributed by atoms with E-state index in [1.165, 1.54) is 22.9 Å². The Morgan fingerprint density at radius 1 is 1.26 bits per heavy atom. The van der Waals surface area contributed by atoms with Crippen LogP contribution >= 0.6 is 0 Å². The molecule has 0 bridgehead atoms. The van der Waals surface area contributed by atoms with E-state index in [4.69, 9.17) is 4.74 Å². The highest BCUT2D eigenvalue weighted by atomic mass is 19.2. The fourth-order valence-corrected chi connectivity index (χ4v) is 4.14. The fourth-order valence-electron chi connectivity index (χ4n) is 4.14. The maximum Gasteiger partial charge on any atom is 0.261 e. The molecule has 0 fully saturated rings. The van der Waals surface area contributed by atoms with Gasteiger partial charge >= 0.3 is 0 Å². The zero-order valence-electron chi connectivity index (χ0n) is 17.1. The number of aromatic nitrogens is 3. The van der Waals surface area contributed by atoms with E-state index in [0.29, 0.717) is 23.4 Å². The first kappa shape index (κ1) is 21.1. The quantitative estimate of drug-likeness (QED) is 0.690. The number of nitrogens with zero attached hydrogens (tertiary/aromatic N) is 4. The molecule has 3 heterocycles. The van der Waals surface area contributed by atoms with E-state index < -0.39 is 35.9 Å². The van der Waals surface area contributed by atoms with Crippen LogP contribution in [0.15, 0.2) is 30.4 Å². The molecule has 1 amide bonds. The van der Waals surface area contributed by atoms with Crippen molar-refractivity contribution >= 4 is 11.5 Å². The van der Waals surface area contributed by atoms with Gasteiger partial charge in [-0.15, -0.1) is 0 Å². The minimum atomic E-state index is -2.31. The number of fused-ring (bicyclic) bond motifs is 1. The van der Waals surface area contributed by atoms with Crippen molar-refractivity contribution in [2.24, 2.45) is 7.05 Å². The van der Waals surface area contributed by atoms with E-state index in [2.05, 4.69) is 10.1 Å². The molecule has 31 heavy (non-hydrogen) atoms. The van der Waals surface area contributed by atoms with Gasteiger partial charge in [-0.3, -0.25) is 14.5 Å². The minimum Gasteiger partial charge on any atom is -0.494 e. The number of aryl methyl sites for hydroxylation is 1. The van der Waals surface area contributed by atoms with Crippen LogP contribution in [0.5, 0.6) is 5.75 Å². The third-order valence-electron chi connectivity index (χ3n) is 5.65. The first-order valence-corrected chi connectivity index (χ1v) is 9.66. The van der Waals surface area contributed by atoms with Gasteiger partial charge in [0.05, 0.1) is 36.9 Å². The molecule has 1 aliphatic carbocycles. The third kappa shape index (κ3) is 3.39. The van der Waals surface area contributed by atoms with Crippen LogP contribution in [-0.2, 0) is 13.5 Å². The average molecular weight is 436 g/mol. The van der Waals surface area contributed by atoms with Gasteiger partial charge in [0.15, 0.2) is 23.9 Å². The van der Waals surface area contributed by atoms with Gasteiger partial charge in [0, 0.05) is 24.7 Å². The molecule has 2 unspecified atom stereocenters. The topological polar surface area (TPSA) is 60.2 Å². The van der Waals surface area contributed by atoms with Gasteiger partial charge < -0.3 is 9.64 Å². The van der Waals surface area contributed by atoms with Crippen molar-refractivity contribution in [2.45, 2.75) is 31.7 Å². The summed E-state index contributed by atoms with van der Waals surface area (Å²) in [4.78, 5) is 18.3. The molecule has 0 saturated heterocycles. The number of carbonyl (C=O) groups excluding carboxylic acids is 1. The van der Waals surface area contributed by atoms with Crippen LogP contribution in [0.3, 0.4) is 0 Å². The molecule has 3 atom stereocenters. The standard InChI is InChI=1S/C21H20F4N4O2/c1-10-19-12(20(28(2)27-19)11-6-13(22)18(25)14(23)7-11)4-5-29(10)21(30)17-15(24)8-26-9-16(17)31-3/h6-10,13,18H,4-5H2,1-3H3/t10-,13?,18?/m0/s1. The molecule has 0 saturated carbocycles. The van der Waals surface area contributed by atoms with Gasteiger partial charge in [0.1, 0.15) is 11.4 Å². The lowest BCUT2D eigenvalue weighted by molar-refractivity contribution is 0.0664. The Balaban J connectivity index is 1.71. The lowest BCUT2D eigenvalue weighted by atomic mass is 9.92. The summed E-state index contributed by atoms with van der Waals surface area (Å²) in [7, 11) is 2.93. The van der Waals surface area contributed by atoms with Crippen molar-refractivity contribution in [3.63, 3.8) is 0 Å². The SMILES string of the molecule is COc1cncc(F)c1C(=O)N1CCc2c(nn(C)c2C2=CC(F)C(F)C(F)=C2)[C@@H]1C. The highest BCUT2D eigenvalue weighted by Crippen LogP contribution is 2.38. The number of amides is 1. The Kier molecular flexibility index (Phi) is 5.32. The van der Waals surface area contributed by atoms with Crippen molar-refractivity contribution in [2.75, 3.05) is 13.7 Å². The predicted octanol–water partition coefficient (Wildman–Crippen LogP) is 3.65. The monoisotopic (exact) mass is 436 g/mol. The zero-order valence-corrected chi connectivity index (χ0v) is 17.1. The Hall–Kier alpha value is -3.17. The first-order valence-electron chi connectivity index (χ1n) is 9.66. The predicted molar refractivity (Wildman–Crippen MR) is 104 cm³/mol. The van der Waals surface area contributed by atoms with Crippen LogP contribution in [0.4, 0.5) is 17.6 Å². The molecule has 0 aromatic carbocycles. The van der Waals surface area contributed by atoms with Crippen LogP contribution in [0, 0.1) is 5.82 Å². The molecule has 164 valence electrons. The number of methoxy groups -OCH3 is 1. The van der Waals surface area contributed by atoms with Crippen LogP contribution in [0.25, 0.3) is 5.57 Å². The number of alkyl halides is 2. The Morgan fingerprint density at radius 2 is 2.00 bits per heavy atom. The Morgan fingerprint density at radius 3 is 2.68 bits per heavy atom. The van der Waals surface area contributed by atoms with Gasteiger partial charge in [0.25, 0.3) is 5.91 Å². The maximum absolute atomic E-state index is 14.4. The number of halogens is 4. The molecule has 6 nitrogen and oxygen atoms in total. The van der Waals surface area contributed by atoms with E-state index >= 15 is 0 Å². The van der Waals surface area contributed by atoms with Gasteiger partial charge in [-0.2, -0.15) is 5.10 Å². The second-order valence-electron chi connectivity index (χ2n) is 7.46. The van der Waals surface area contributed by atoms with E-state index in [0.717, 1.165) is 18.3 Å². The van der Waals surface area contributed by atoms with E-state index in [9.17, 15) is 22.4 Å². The normalized spacial score (nSPS) is 23.2. The van der Waals surface area contributed by atoms with Crippen molar-refractivity contribution in [3.05, 3.63) is 58.7 Å². The molecule has 2 aromatic rings. The molecule has 2 aliphatic rings. The highest BCUT2D eigenvalue weighted by Gasteiger charge is 2.37. The Bertz CT molecular complexity index is 1110. The molecule has 0 radical (unpaired) electrons. The molecular formula is C21H20F4N4O2. The highest BCUT2D eigenvalue weighted by molar-refractivity contribution is 5.97. The summed E-state index contributed by atoms with van der Waals surface area (Å²) >= 11 is 0. The summed E-state index contributed by atoms with van der Waals surface area (Å²) in [5, 5.41) is 4.44. The Labute approximate surface area is 175 Å². The van der Waals surface area contributed by atoms with Crippen molar-refractivity contribution in [1.82, 2.24) is 19.7 Å². The van der Waals surface area contributed by atoms with Crippen LogP contribution in [0.1, 0.15) is 40.3 Å². The van der Waals surface area contributed by atoms with Crippen molar-refractivity contribution in [1.29, 1.82) is 0 Å². The van der Waals surface area contributed by atoms with Crippen LogP contribution in [0.2, 0.25) is 0 Å². The molecule has 2 aromatic heterocycles. The third-order valence-corrected chi connectivity index (χ3v) is 5.65. The molecular weight excluding hydrogens is 416 g/mol. The molecule has 4 rings (SSSR count). The first-order chi connectivity index (χ1) is 14.7. The van der Waals surface area contributed by atoms with Gasteiger partial charge in [0.2, 0.25) is 0 Å². The average Bonchev–Trinajstić information content (AvgIpc) is 3.08. The fraction of sp³-hybridized carbons (Fsp3) is 0.381. The number of rotatable bonds is 3. The number of ether oxygens (including phenoxy) is 1. The number of allylic oxidation sites excluding steroid dienone is 4. The summed E-state index contributed by atoms with van der Waals surface area (Å²) in [5.74, 6) is -2.53. The number of hydrogen-bond donors (Lipinski definition) is 0. The second-order valence-corrected chi connectivity index (χ2v) is 7.46. The van der Waals surface area contributed by atoms with E-state index in [1.54, 1.807) is 14.0 Å². The summed E-state index contributed by atoms with van der Waals surface area (Å²) in [6, 6.07) is -0.540. The summed E-state index contributed by atoms with van der Waals surface area (Å²) in [5.41, 5.74) is 1.67. The number of hydrogen-bond acceptors (Lipinski definition) is 4. The largest absolute Gasteiger partial charge is 0.494 e. The summed E-state index contributed by atoms with van der Waals surface area (Å²) in [6.07, 6.45) is 0.124. The van der Waals surface area contributed by atoms with E-state index in [1.807, 2.05) is 0 Å². The minimum absolute atomic E-state index is 0.0208. The molecule has 1 aliphatic heterocycles. The smallest absolute Gasteiger partial charge is 0.261 e. The molecule has 10 heteroatoms. The van der Waals surface area contributed by atoms with Crippen molar-refractivity contribution < 1.29 is 27.1 Å². The molecule has 0 N–H and O–H groups in total. The lowest BCUT2D eigenvalue weighted by Crippen LogP contribution is -2.39. The lowest BCUT2D eigenvalue weighted by Gasteiger charge is -2.33. The van der Waals surface area contributed by atoms with E-state index in [-0.39, 0.29) is 23.4 Å². The van der Waals surface area contributed by atoms with Gasteiger partial charge in [-0.25, -0.2) is 17.6 Å². The number of pyridine rings is 1. The van der Waals surface area contributed by atoms with Crippen molar-refractivity contribution in [3.8, 4) is 5.75 Å². The number of carbonyl (C=O) groups is 1. The summed E-state index contributed by atoms with van der Waals surface area (Å²) in [6.45, 7) is 1.96. The maximum atomic E-state index is 14.4. The zero-order chi connectivity index (χ0) is 22.4. The van der Waals surface area contributed by atoms with Gasteiger partial charge in [-0.05, 0) is 25.5 Å². The second kappa shape index (κ2) is 7.82. The van der Waals surface area contributed by atoms with Gasteiger partial charge in [-0.1, -0.05) is 0 Å². The van der Waals surface area contributed by atoms with Crippen LogP contribution in [-0.4, -0.2) is 51.6 Å².